The van der Waals surface area contributed by atoms with E-state index in [1.165, 1.54) is 51.4 Å². The highest BCUT2D eigenvalue weighted by atomic mass is 31.2. The predicted molar refractivity (Wildman–Crippen MR) is 120 cm³/mol. The van der Waals surface area contributed by atoms with Crippen molar-refractivity contribution >= 4 is 15.9 Å². The highest BCUT2D eigenvalue weighted by Gasteiger charge is 2.30. The molecule has 162 valence electrons. The SMILES string of the molecule is CCCCCCCCCCCC/C(=C\O[Si](C)(C)C)P(=O)(OCC)OCC. The molecule has 0 saturated carbocycles. The molecule has 27 heavy (non-hydrogen) atoms. The third-order valence-electron chi connectivity index (χ3n) is 4.28. The molecule has 0 aromatic heterocycles. The number of unbranched alkanes of at least 4 members (excludes halogenated alkanes) is 9. The van der Waals surface area contributed by atoms with Crippen LogP contribution < -0.4 is 0 Å². The number of rotatable bonds is 18. The van der Waals surface area contributed by atoms with Gasteiger partial charge in [-0.2, -0.15) is 0 Å². The second-order valence-electron chi connectivity index (χ2n) is 8.10. The first-order valence-electron chi connectivity index (χ1n) is 11.1. The number of hydrogen-bond donors (Lipinski definition) is 0. The van der Waals surface area contributed by atoms with Gasteiger partial charge in [-0.3, -0.25) is 4.57 Å². The summed E-state index contributed by atoms with van der Waals surface area (Å²) >= 11 is 0. The third-order valence-corrected chi connectivity index (χ3v) is 7.34. The summed E-state index contributed by atoms with van der Waals surface area (Å²) in [6, 6.07) is 0. The molecule has 0 aliphatic carbocycles. The van der Waals surface area contributed by atoms with Crippen LogP contribution in [0.15, 0.2) is 11.6 Å². The van der Waals surface area contributed by atoms with E-state index in [2.05, 4.69) is 26.6 Å². The van der Waals surface area contributed by atoms with Gasteiger partial charge < -0.3 is 13.5 Å². The van der Waals surface area contributed by atoms with Crippen LogP contribution in [0.4, 0.5) is 0 Å². The zero-order chi connectivity index (χ0) is 20.6. The third kappa shape index (κ3) is 14.5. The summed E-state index contributed by atoms with van der Waals surface area (Å²) in [4.78, 5) is 0. The quantitative estimate of drug-likeness (QED) is 0.0968. The van der Waals surface area contributed by atoms with E-state index in [4.69, 9.17) is 13.5 Å². The highest BCUT2D eigenvalue weighted by molar-refractivity contribution is 7.58. The van der Waals surface area contributed by atoms with Crippen LogP contribution in [0.1, 0.15) is 91.4 Å². The molecule has 0 rings (SSSR count). The highest BCUT2D eigenvalue weighted by Crippen LogP contribution is 2.57. The molecule has 0 bridgehead atoms. The van der Waals surface area contributed by atoms with Crippen LogP contribution in [0.3, 0.4) is 0 Å². The Morgan fingerprint density at radius 1 is 0.778 bits per heavy atom. The van der Waals surface area contributed by atoms with Crippen LogP contribution in [0, 0.1) is 0 Å². The van der Waals surface area contributed by atoms with E-state index in [9.17, 15) is 4.57 Å². The predicted octanol–water partition coefficient (Wildman–Crippen LogP) is 8.26. The standard InChI is InChI=1S/C21H45O4PSi/c1-7-10-11-12-13-14-15-16-17-18-19-21(20-25-27(4,5)6)26(22,23-8-2)24-9-3/h20H,7-19H2,1-6H3/b21-20+. The molecule has 0 saturated heterocycles. The van der Waals surface area contributed by atoms with Crippen molar-refractivity contribution in [1.29, 1.82) is 0 Å². The number of allylic oxidation sites excluding steroid dienone is 1. The van der Waals surface area contributed by atoms with Crippen molar-refractivity contribution in [3.63, 3.8) is 0 Å². The van der Waals surface area contributed by atoms with Crippen molar-refractivity contribution in [2.75, 3.05) is 13.2 Å². The normalized spacial score (nSPS) is 13.2. The second kappa shape index (κ2) is 15.8. The van der Waals surface area contributed by atoms with Crippen molar-refractivity contribution in [2.45, 2.75) is 111 Å². The molecule has 0 heterocycles. The minimum atomic E-state index is -3.23. The molecule has 0 amide bonds. The van der Waals surface area contributed by atoms with Gasteiger partial charge in [0.1, 0.15) is 0 Å². The van der Waals surface area contributed by atoms with Crippen LogP contribution >= 0.6 is 7.60 Å². The van der Waals surface area contributed by atoms with Crippen molar-refractivity contribution < 1.29 is 18.0 Å². The monoisotopic (exact) mass is 420 g/mol. The van der Waals surface area contributed by atoms with Gasteiger partial charge >= 0.3 is 7.60 Å². The van der Waals surface area contributed by atoms with Gasteiger partial charge in [-0.25, -0.2) is 0 Å². The molecule has 0 aromatic carbocycles. The maximum atomic E-state index is 13.1. The van der Waals surface area contributed by atoms with Crippen LogP contribution in [-0.4, -0.2) is 21.5 Å². The summed E-state index contributed by atoms with van der Waals surface area (Å²) in [6.45, 7) is 13.1. The van der Waals surface area contributed by atoms with Gasteiger partial charge in [0, 0.05) is 0 Å². The Bertz CT molecular complexity index is 422. The van der Waals surface area contributed by atoms with Gasteiger partial charge in [0.25, 0.3) is 0 Å². The fraction of sp³-hybridized carbons (Fsp3) is 0.905. The molecule has 0 unspecified atom stereocenters. The van der Waals surface area contributed by atoms with Crippen molar-refractivity contribution in [2.24, 2.45) is 0 Å². The molecule has 0 fully saturated rings. The lowest BCUT2D eigenvalue weighted by molar-refractivity contribution is 0.224. The van der Waals surface area contributed by atoms with Crippen LogP contribution in [0.2, 0.25) is 19.6 Å². The first kappa shape index (κ1) is 26.9. The smallest absolute Gasteiger partial charge is 0.360 e. The van der Waals surface area contributed by atoms with E-state index in [1.807, 2.05) is 13.8 Å². The van der Waals surface area contributed by atoms with E-state index < -0.39 is 15.9 Å². The summed E-state index contributed by atoms with van der Waals surface area (Å²) in [6.07, 6.45) is 15.2. The van der Waals surface area contributed by atoms with Crippen LogP contribution in [0.5, 0.6) is 0 Å². The zero-order valence-corrected chi connectivity index (χ0v) is 20.7. The maximum Gasteiger partial charge on any atom is 0.360 e. The first-order chi connectivity index (χ1) is 12.8. The lowest BCUT2D eigenvalue weighted by Gasteiger charge is -2.22. The van der Waals surface area contributed by atoms with Gasteiger partial charge in [-0.1, -0.05) is 64.7 Å². The number of hydrogen-bond acceptors (Lipinski definition) is 4. The van der Waals surface area contributed by atoms with E-state index in [0.717, 1.165) is 19.3 Å². The van der Waals surface area contributed by atoms with Crippen LogP contribution in [0.25, 0.3) is 0 Å². The molecule has 0 spiro atoms. The summed E-state index contributed by atoms with van der Waals surface area (Å²) in [5.74, 6) is 0. The van der Waals surface area contributed by atoms with Gasteiger partial charge in [0.2, 0.25) is 8.32 Å². The second-order valence-corrected chi connectivity index (χ2v) is 14.7. The minimum Gasteiger partial charge on any atom is -0.549 e. The summed E-state index contributed by atoms with van der Waals surface area (Å²) < 4.78 is 30.1. The van der Waals surface area contributed by atoms with Gasteiger partial charge in [-0.15, -0.1) is 0 Å². The Balaban J connectivity index is 4.43. The Morgan fingerprint density at radius 3 is 1.63 bits per heavy atom. The molecule has 0 radical (unpaired) electrons. The Labute approximate surface area is 170 Å². The average molecular weight is 421 g/mol. The molecule has 0 aliphatic rings. The molecular weight excluding hydrogens is 375 g/mol. The molecular formula is C21H45O4PSi. The first-order valence-corrected chi connectivity index (χ1v) is 16.0. The van der Waals surface area contributed by atoms with Gasteiger partial charge in [0.05, 0.1) is 24.8 Å². The lowest BCUT2D eigenvalue weighted by atomic mass is 10.1. The molecule has 0 aliphatic heterocycles. The van der Waals surface area contributed by atoms with E-state index in [0.29, 0.717) is 18.5 Å². The molecule has 4 nitrogen and oxygen atoms in total. The zero-order valence-electron chi connectivity index (χ0n) is 18.8. The summed E-state index contributed by atoms with van der Waals surface area (Å²) in [5.41, 5.74) is 0. The molecule has 6 heteroatoms. The minimum absolute atomic E-state index is 0.375. The van der Waals surface area contributed by atoms with Crippen molar-refractivity contribution in [3.8, 4) is 0 Å². The van der Waals surface area contributed by atoms with E-state index in [-0.39, 0.29) is 0 Å². The fourth-order valence-corrected chi connectivity index (χ4v) is 5.14. The Kier molecular flexibility index (Phi) is 15.7. The van der Waals surface area contributed by atoms with Gasteiger partial charge in [0.15, 0.2) is 0 Å². The summed E-state index contributed by atoms with van der Waals surface area (Å²) in [5, 5.41) is 0.702. The fourth-order valence-electron chi connectivity index (χ4n) is 2.84. The molecule has 0 aromatic rings. The molecule has 0 N–H and O–H groups in total. The van der Waals surface area contributed by atoms with E-state index >= 15 is 0 Å². The summed E-state index contributed by atoms with van der Waals surface area (Å²) in [7, 11) is -4.97. The molecule has 0 atom stereocenters. The van der Waals surface area contributed by atoms with Crippen LogP contribution in [-0.2, 0) is 18.0 Å². The largest absolute Gasteiger partial charge is 0.549 e. The van der Waals surface area contributed by atoms with Gasteiger partial charge in [-0.05, 0) is 46.3 Å². The Morgan fingerprint density at radius 2 is 1.22 bits per heavy atom. The average Bonchev–Trinajstić information content (AvgIpc) is 2.58. The van der Waals surface area contributed by atoms with E-state index in [1.54, 1.807) is 6.26 Å². The topological polar surface area (TPSA) is 44.8 Å². The van der Waals surface area contributed by atoms with Crippen molar-refractivity contribution in [1.82, 2.24) is 0 Å². The maximum absolute atomic E-state index is 13.1. The van der Waals surface area contributed by atoms with Crippen molar-refractivity contribution in [3.05, 3.63) is 11.6 Å². The Hall–Kier alpha value is -0.0931. The lowest BCUT2D eigenvalue weighted by Crippen LogP contribution is -2.22.